The highest BCUT2D eigenvalue weighted by Crippen LogP contribution is 2.26. The lowest BCUT2D eigenvalue weighted by molar-refractivity contribution is 0.103. The first kappa shape index (κ1) is 10.9. The minimum atomic E-state index is 0.174. The third kappa shape index (κ3) is 2.13. The summed E-state index contributed by atoms with van der Waals surface area (Å²) in [5, 5.41) is 0. The minimum absolute atomic E-state index is 0.174. The second-order valence-electron chi connectivity index (χ2n) is 4.37. The highest BCUT2D eigenvalue weighted by Gasteiger charge is 2.15. The maximum Gasteiger partial charge on any atom is 0.189 e. The molecule has 16 heavy (non-hydrogen) atoms. The van der Waals surface area contributed by atoms with Gasteiger partial charge in [0.05, 0.1) is 0 Å². The first-order chi connectivity index (χ1) is 7.68. The standard InChI is InChI=1S/C15H16O/c1-11-8-9-14(10-12(11)2)15(16)13-6-4-3-5-7-13/h3-7,9H,8,10H2,1-2H3. The lowest BCUT2D eigenvalue weighted by atomic mass is 9.89. The molecule has 0 fully saturated rings. The predicted octanol–water partition coefficient (Wildman–Crippen LogP) is 3.93. The number of rotatable bonds is 2. The first-order valence-electron chi connectivity index (χ1n) is 5.62. The molecule has 1 nitrogen and oxygen atoms in total. The lowest BCUT2D eigenvalue weighted by Crippen LogP contribution is -2.07. The molecule has 0 bridgehead atoms. The molecule has 2 rings (SSSR count). The summed E-state index contributed by atoms with van der Waals surface area (Å²) in [5.74, 6) is 0.174. The van der Waals surface area contributed by atoms with Crippen molar-refractivity contribution >= 4 is 5.78 Å². The molecule has 0 amide bonds. The van der Waals surface area contributed by atoms with Gasteiger partial charge in [-0.2, -0.15) is 0 Å². The Bertz CT molecular complexity index is 463. The molecule has 82 valence electrons. The molecule has 0 aromatic heterocycles. The Hall–Kier alpha value is -1.63. The van der Waals surface area contributed by atoms with Gasteiger partial charge < -0.3 is 0 Å². The van der Waals surface area contributed by atoms with Crippen molar-refractivity contribution in [2.45, 2.75) is 26.7 Å². The van der Waals surface area contributed by atoms with Gasteiger partial charge in [0.15, 0.2) is 5.78 Å². The molecule has 0 N–H and O–H groups in total. The molecule has 1 aromatic carbocycles. The smallest absolute Gasteiger partial charge is 0.189 e. The Morgan fingerprint density at radius 1 is 1.06 bits per heavy atom. The normalized spacial score (nSPS) is 16.0. The van der Waals surface area contributed by atoms with Gasteiger partial charge in [-0.15, -0.1) is 0 Å². The zero-order valence-electron chi connectivity index (χ0n) is 9.79. The fraction of sp³-hybridized carbons (Fsp3) is 0.267. The minimum Gasteiger partial charge on any atom is -0.289 e. The summed E-state index contributed by atoms with van der Waals surface area (Å²) in [7, 11) is 0. The van der Waals surface area contributed by atoms with E-state index in [9.17, 15) is 4.79 Å². The van der Waals surface area contributed by atoms with Crippen LogP contribution >= 0.6 is 0 Å². The number of allylic oxidation sites excluding steroid dienone is 4. The lowest BCUT2D eigenvalue weighted by Gasteiger charge is -2.15. The Morgan fingerprint density at radius 2 is 1.75 bits per heavy atom. The van der Waals surface area contributed by atoms with E-state index in [1.807, 2.05) is 30.3 Å². The van der Waals surface area contributed by atoms with E-state index in [2.05, 4.69) is 19.9 Å². The molecule has 1 aliphatic carbocycles. The summed E-state index contributed by atoms with van der Waals surface area (Å²) in [6.07, 6.45) is 3.79. The second-order valence-corrected chi connectivity index (χ2v) is 4.37. The number of carbonyl (C=O) groups excluding carboxylic acids is 1. The highest BCUT2D eigenvalue weighted by molar-refractivity contribution is 6.09. The van der Waals surface area contributed by atoms with Gasteiger partial charge in [0, 0.05) is 11.1 Å². The van der Waals surface area contributed by atoms with Crippen LogP contribution in [0.2, 0.25) is 0 Å². The predicted molar refractivity (Wildman–Crippen MR) is 66.5 cm³/mol. The van der Waals surface area contributed by atoms with Gasteiger partial charge in [0.1, 0.15) is 0 Å². The van der Waals surface area contributed by atoms with Crippen LogP contribution in [0.4, 0.5) is 0 Å². The molecule has 0 saturated carbocycles. The van der Waals surface area contributed by atoms with Crippen LogP contribution in [0.5, 0.6) is 0 Å². The molecule has 0 unspecified atom stereocenters. The number of ketones is 1. The monoisotopic (exact) mass is 212 g/mol. The van der Waals surface area contributed by atoms with E-state index in [0.717, 1.165) is 24.0 Å². The van der Waals surface area contributed by atoms with Gasteiger partial charge >= 0.3 is 0 Å². The van der Waals surface area contributed by atoms with Gasteiger partial charge in [-0.3, -0.25) is 4.79 Å². The van der Waals surface area contributed by atoms with Gasteiger partial charge in [-0.25, -0.2) is 0 Å². The largest absolute Gasteiger partial charge is 0.289 e. The molecule has 1 aromatic rings. The fourth-order valence-corrected chi connectivity index (χ4v) is 1.91. The Kier molecular flexibility index (Phi) is 3.04. The summed E-state index contributed by atoms with van der Waals surface area (Å²) < 4.78 is 0. The Morgan fingerprint density at radius 3 is 2.38 bits per heavy atom. The van der Waals surface area contributed by atoms with Crippen molar-refractivity contribution in [1.82, 2.24) is 0 Å². The van der Waals surface area contributed by atoms with E-state index in [1.54, 1.807) is 0 Å². The summed E-state index contributed by atoms with van der Waals surface area (Å²) >= 11 is 0. The van der Waals surface area contributed by atoms with E-state index < -0.39 is 0 Å². The van der Waals surface area contributed by atoms with Crippen LogP contribution < -0.4 is 0 Å². The topological polar surface area (TPSA) is 17.1 Å². The summed E-state index contributed by atoms with van der Waals surface area (Å²) in [6.45, 7) is 4.25. The van der Waals surface area contributed by atoms with Gasteiger partial charge in [-0.1, -0.05) is 47.6 Å². The number of hydrogen-bond donors (Lipinski definition) is 0. The zero-order chi connectivity index (χ0) is 11.5. The van der Waals surface area contributed by atoms with Crippen LogP contribution in [-0.2, 0) is 0 Å². The van der Waals surface area contributed by atoms with Crippen molar-refractivity contribution in [2.75, 3.05) is 0 Å². The molecule has 1 heteroatoms. The molecular weight excluding hydrogens is 196 g/mol. The van der Waals surface area contributed by atoms with Crippen LogP contribution in [0.1, 0.15) is 37.0 Å². The van der Waals surface area contributed by atoms with Crippen LogP contribution in [0.15, 0.2) is 53.1 Å². The van der Waals surface area contributed by atoms with Crippen LogP contribution in [0, 0.1) is 0 Å². The highest BCUT2D eigenvalue weighted by atomic mass is 16.1. The Balaban J connectivity index is 2.20. The molecule has 1 aliphatic rings. The first-order valence-corrected chi connectivity index (χ1v) is 5.62. The number of hydrogen-bond acceptors (Lipinski definition) is 1. The van der Waals surface area contributed by atoms with E-state index in [-0.39, 0.29) is 5.78 Å². The third-order valence-electron chi connectivity index (χ3n) is 3.17. The summed E-state index contributed by atoms with van der Waals surface area (Å²) in [5.41, 5.74) is 4.46. The second kappa shape index (κ2) is 4.48. The van der Waals surface area contributed by atoms with Crippen molar-refractivity contribution < 1.29 is 4.79 Å². The van der Waals surface area contributed by atoms with Gasteiger partial charge in [0.25, 0.3) is 0 Å². The number of benzene rings is 1. The van der Waals surface area contributed by atoms with E-state index in [1.165, 1.54) is 11.1 Å². The van der Waals surface area contributed by atoms with Crippen LogP contribution in [-0.4, -0.2) is 5.78 Å². The Labute approximate surface area is 96.5 Å². The van der Waals surface area contributed by atoms with E-state index >= 15 is 0 Å². The molecule has 0 saturated heterocycles. The fourth-order valence-electron chi connectivity index (χ4n) is 1.91. The van der Waals surface area contributed by atoms with Crippen molar-refractivity contribution in [3.8, 4) is 0 Å². The molecule has 0 atom stereocenters. The zero-order valence-corrected chi connectivity index (χ0v) is 9.79. The maximum atomic E-state index is 12.2. The number of carbonyl (C=O) groups is 1. The van der Waals surface area contributed by atoms with Crippen LogP contribution in [0.3, 0.4) is 0 Å². The van der Waals surface area contributed by atoms with Crippen LogP contribution in [0.25, 0.3) is 0 Å². The van der Waals surface area contributed by atoms with Gasteiger partial charge in [-0.05, 0) is 26.7 Å². The molecular formula is C15H16O. The third-order valence-corrected chi connectivity index (χ3v) is 3.17. The van der Waals surface area contributed by atoms with E-state index in [4.69, 9.17) is 0 Å². The van der Waals surface area contributed by atoms with Crippen molar-refractivity contribution in [1.29, 1.82) is 0 Å². The number of Topliss-reactive ketones (excluding diaryl/α,β-unsaturated/α-hetero) is 1. The molecule has 0 radical (unpaired) electrons. The average Bonchev–Trinajstić information content (AvgIpc) is 2.33. The average molecular weight is 212 g/mol. The van der Waals surface area contributed by atoms with Crippen molar-refractivity contribution in [3.63, 3.8) is 0 Å². The molecule has 0 aliphatic heterocycles. The molecule has 0 heterocycles. The van der Waals surface area contributed by atoms with Gasteiger partial charge in [0.2, 0.25) is 0 Å². The molecule has 0 spiro atoms. The van der Waals surface area contributed by atoms with E-state index in [0.29, 0.717) is 0 Å². The van der Waals surface area contributed by atoms with Crippen molar-refractivity contribution in [2.24, 2.45) is 0 Å². The summed E-state index contributed by atoms with van der Waals surface area (Å²) in [6, 6.07) is 9.50. The maximum absolute atomic E-state index is 12.2. The summed E-state index contributed by atoms with van der Waals surface area (Å²) in [4.78, 5) is 12.2. The quantitative estimate of drug-likeness (QED) is 0.536. The van der Waals surface area contributed by atoms with Crippen molar-refractivity contribution in [3.05, 3.63) is 58.7 Å². The SMILES string of the molecule is CC1=C(C)CC(C(=O)c2ccccc2)=CC1.